The number of hydrogen-bond acceptors (Lipinski definition) is 6. The van der Waals surface area contributed by atoms with Gasteiger partial charge < -0.3 is 10.2 Å². The third kappa shape index (κ3) is 5.58. The summed E-state index contributed by atoms with van der Waals surface area (Å²) >= 11 is 6.13. The molecule has 0 aliphatic heterocycles. The zero-order valence-electron chi connectivity index (χ0n) is 17.8. The summed E-state index contributed by atoms with van der Waals surface area (Å²) < 4.78 is 83.2. The first-order valence-corrected chi connectivity index (χ1v) is 11.3. The van der Waals surface area contributed by atoms with Crippen molar-refractivity contribution in [3.63, 3.8) is 0 Å². The van der Waals surface area contributed by atoms with E-state index in [1.807, 2.05) is 19.0 Å². The minimum absolute atomic E-state index is 0.0865. The number of hydrogen-bond donors (Lipinski definition) is 1. The molecule has 2 atom stereocenters. The van der Waals surface area contributed by atoms with Crippen molar-refractivity contribution in [1.29, 1.82) is 0 Å². The second-order valence-electron chi connectivity index (χ2n) is 7.47. The molecule has 33 heavy (non-hydrogen) atoms. The summed E-state index contributed by atoms with van der Waals surface area (Å²) in [7, 11) is 2.00. The number of nitrogens with zero attached hydrogens (tertiary/aromatic N) is 5. The lowest BCUT2D eigenvalue weighted by Crippen LogP contribution is -2.34. The Kier molecular flexibility index (Phi) is 7.54. The molecule has 2 aromatic heterocycles. The minimum atomic E-state index is -4.68. The SMILES string of the molecule is C[C@H](Nc1c(-c2c(F)cc(S(=O)CCCN(C)C)cc2F)c(Cl)nc2ncnn12)C(F)(F)F. The Morgan fingerprint density at radius 1 is 1.21 bits per heavy atom. The van der Waals surface area contributed by atoms with E-state index in [1.54, 1.807) is 0 Å². The molecule has 2 heterocycles. The van der Waals surface area contributed by atoms with Crippen molar-refractivity contribution in [3.05, 3.63) is 35.2 Å². The fourth-order valence-electron chi connectivity index (χ4n) is 3.01. The summed E-state index contributed by atoms with van der Waals surface area (Å²) in [6, 6.07) is -0.358. The largest absolute Gasteiger partial charge is 0.408 e. The molecule has 0 spiro atoms. The normalized spacial score (nSPS) is 14.1. The van der Waals surface area contributed by atoms with Crippen molar-refractivity contribution in [3.8, 4) is 11.1 Å². The van der Waals surface area contributed by atoms with Crippen LogP contribution in [0.1, 0.15) is 13.3 Å². The first-order chi connectivity index (χ1) is 15.4. The van der Waals surface area contributed by atoms with Crippen LogP contribution in [0.2, 0.25) is 5.15 Å². The van der Waals surface area contributed by atoms with Crippen LogP contribution in [-0.2, 0) is 10.8 Å². The monoisotopic (exact) mass is 510 g/mol. The van der Waals surface area contributed by atoms with Crippen LogP contribution in [0.15, 0.2) is 23.4 Å². The van der Waals surface area contributed by atoms with Crippen molar-refractivity contribution in [2.24, 2.45) is 0 Å². The van der Waals surface area contributed by atoms with Crippen LogP contribution in [-0.4, -0.2) is 67.3 Å². The molecule has 0 amide bonds. The van der Waals surface area contributed by atoms with Crippen LogP contribution in [0, 0.1) is 11.6 Å². The number of halogens is 6. The average Bonchev–Trinajstić information content (AvgIpc) is 3.16. The third-order valence-corrected chi connectivity index (χ3v) is 6.39. The fourth-order valence-corrected chi connectivity index (χ4v) is 4.36. The molecule has 0 aliphatic carbocycles. The van der Waals surface area contributed by atoms with Crippen molar-refractivity contribution in [2.75, 3.05) is 31.7 Å². The highest BCUT2D eigenvalue weighted by Gasteiger charge is 2.37. The summed E-state index contributed by atoms with van der Waals surface area (Å²) in [5.74, 6) is -2.74. The quantitative estimate of drug-likeness (QED) is 0.362. The van der Waals surface area contributed by atoms with Gasteiger partial charge in [-0.2, -0.15) is 32.8 Å². The Morgan fingerprint density at radius 2 is 1.85 bits per heavy atom. The van der Waals surface area contributed by atoms with Gasteiger partial charge in [0.15, 0.2) is 0 Å². The lowest BCUT2D eigenvalue weighted by Gasteiger charge is -2.21. The van der Waals surface area contributed by atoms with Gasteiger partial charge in [-0.1, -0.05) is 11.6 Å². The molecule has 0 fully saturated rings. The molecule has 0 saturated carbocycles. The van der Waals surface area contributed by atoms with Gasteiger partial charge in [-0.15, -0.1) is 0 Å². The molecule has 1 aromatic carbocycles. The number of fused-ring (bicyclic) bond motifs is 1. The lowest BCUT2D eigenvalue weighted by molar-refractivity contribution is -0.138. The topological polar surface area (TPSA) is 75.4 Å². The van der Waals surface area contributed by atoms with Crippen molar-refractivity contribution in [1.82, 2.24) is 24.5 Å². The number of nitrogens with one attached hydrogen (secondary N) is 1. The van der Waals surface area contributed by atoms with Gasteiger partial charge in [0.1, 0.15) is 35.0 Å². The van der Waals surface area contributed by atoms with E-state index in [1.165, 1.54) is 0 Å². The van der Waals surface area contributed by atoms with Crippen LogP contribution >= 0.6 is 11.6 Å². The molecular formula is C19H20ClF5N6OS. The molecule has 180 valence electrons. The summed E-state index contributed by atoms with van der Waals surface area (Å²) in [5, 5.41) is 5.47. The molecule has 14 heteroatoms. The van der Waals surface area contributed by atoms with E-state index < -0.39 is 56.8 Å². The van der Waals surface area contributed by atoms with Gasteiger partial charge in [0.25, 0.3) is 5.78 Å². The van der Waals surface area contributed by atoms with Gasteiger partial charge in [-0.3, -0.25) is 4.21 Å². The number of rotatable bonds is 8. The summed E-state index contributed by atoms with van der Waals surface area (Å²) in [6.45, 7) is 1.47. The third-order valence-electron chi connectivity index (χ3n) is 4.69. The van der Waals surface area contributed by atoms with E-state index in [0.717, 1.165) is 29.9 Å². The molecule has 0 radical (unpaired) electrons. The Balaban J connectivity index is 2.10. The number of anilines is 1. The molecule has 3 rings (SSSR count). The van der Waals surface area contributed by atoms with Crippen LogP contribution in [0.3, 0.4) is 0 Å². The average molecular weight is 511 g/mol. The summed E-state index contributed by atoms with van der Waals surface area (Å²) in [4.78, 5) is 9.44. The molecular weight excluding hydrogens is 491 g/mol. The van der Waals surface area contributed by atoms with E-state index in [4.69, 9.17) is 11.6 Å². The van der Waals surface area contributed by atoms with Crippen LogP contribution < -0.4 is 5.32 Å². The number of alkyl halides is 3. The maximum absolute atomic E-state index is 15.1. The van der Waals surface area contributed by atoms with Gasteiger partial charge in [0, 0.05) is 10.6 Å². The zero-order valence-corrected chi connectivity index (χ0v) is 19.3. The van der Waals surface area contributed by atoms with Crippen LogP contribution in [0.4, 0.5) is 27.8 Å². The first kappa shape index (κ1) is 25.2. The number of benzene rings is 1. The van der Waals surface area contributed by atoms with Gasteiger partial charge in [-0.25, -0.2) is 8.78 Å². The maximum atomic E-state index is 15.1. The number of aromatic nitrogens is 4. The van der Waals surface area contributed by atoms with Crippen LogP contribution in [0.25, 0.3) is 16.9 Å². The van der Waals surface area contributed by atoms with Crippen LogP contribution in [0.5, 0.6) is 0 Å². The van der Waals surface area contributed by atoms with E-state index in [0.29, 0.717) is 13.0 Å². The highest BCUT2D eigenvalue weighted by atomic mass is 35.5. The molecule has 1 unspecified atom stereocenters. The smallest absolute Gasteiger partial charge is 0.358 e. The fraction of sp³-hybridized carbons (Fsp3) is 0.421. The molecule has 7 nitrogen and oxygen atoms in total. The van der Waals surface area contributed by atoms with Gasteiger partial charge in [-0.05, 0) is 46.1 Å². The molecule has 0 aliphatic rings. The van der Waals surface area contributed by atoms with E-state index in [2.05, 4.69) is 20.4 Å². The van der Waals surface area contributed by atoms with Crippen molar-refractivity contribution >= 4 is 34.0 Å². The molecule has 0 saturated heterocycles. The second kappa shape index (κ2) is 9.85. The van der Waals surface area contributed by atoms with Gasteiger partial charge in [0.2, 0.25) is 0 Å². The van der Waals surface area contributed by atoms with Gasteiger partial charge in [0.05, 0.1) is 21.9 Å². The maximum Gasteiger partial charge on any atom is 0.408 e. The molecule has 3 aromatic rings. The predicted octanol–water partition coefficient (Wildman–Crippen LogP) is 4.14. The standard InChI is InChI=1S/C19H20ClF5N6OS/c1-10(19(23,24)25)28-17-15(16(20)29-18-26-9-27-31(17)18)14-12(21)7-11(8-13(14)22)33(32)6-4-5-30(2)3/h7-10,28H,4-6H2,1-3H3/t10-,33?/m0/s1. The van der Waals surface area contributed by atoms with E-state index in [-0.39, 0.29) is 16.4 Å². The summed E-state index contributed by atoms with van der Waals surface area (Å²) in [5.41, 5.74) is -1.19. The Morgan fingerprint density at radius 3 is 2.42 bits per heavy atom. The Bertz CT molecular complexity index is 1160. The Labute approximate surface area is 193 Å². The van der Waals surface area contributed by atoms with Crippen molar-refractivity contribution < 1.29 is 26.2 Å². The van der Waals surface area contributed by atoms with Crippen molar-refractivity contribution in [2.45, 2.75) is 30.5 Å². The Hall–Kier alpha value is -2.38. The molecule has 0 bridgehead atoms. The highest BCUT2D eigenvalue weighted by molar-refractivity contribution is 7.85. The van der Waals surface area contributed by atoms with E-state index >= 15 is 8.78 Å². The summed E-state index contributed by atoms with van der Waals surface area (Å²) in [6.07, 6.45) is -3.13. The highest BCUT2D eigenvalue weighted by Crippen LogP contribution is 2.39. The minimum Gasteiger partial charge on any atom is -0.358 e. The predicted molar refractivity (Wildman–Crippen MR) is 115 cm³/mol. The molecule has 1 N–H and O–H groups in total. The second-order valence-corrected chi connectivity index (χ2v) is 9.40. The van der Waals surface area contributed by atoms with E-state index in [9.17, 15) is 17.4 Å². The zero-order chi connectivity index (χ0) is 24.5. The lowest BCUT2D eigenvalue weighted by atomic mass is 10.1. The first-order valence-electron chi connectivity index (χ1n) is 9.65. The van der Waals surface area contributed by atoms with Gasteiger partial charge >= 0.3 is 6.18 Å².